The van der Waals surface area contributed by atoms with Gasteiger partial charge in [-0.05, 0) is 30.5 Å². The molecule has 7 heteroatoms. The topological polar surface area (TPSA) is 69.5 Å². The van der Waals surface area contributed by atoms with E-state index in [2.05, 4.69) is 23.9 Å². The Bertz CT molecular complexity index is 744. The lowest BCUT2D eigenvalue weighted by molar-refractivity contribution is 0.0330. The smallest absolute Gasteiger partial charge is 0.260 e. The van der Waals surface area contributed by atoms with Crippen LogP contribution in [0.25, 0.3) is 0 Å². The molecule has 0 saturated carbocycles. The van der Waals surface area contributed by atoms with E-state index in [0.717, 1.165) is 18.7 Å². The van der Waals surface area contributed by atoms with Crippen molar-refractivity contribution in [2.45, 2.75) is 39.4 Å². The SMILES string of the molecule is COc1ncccc1C(=O)N1Cc2ccnn2CC[C@@H]1COCC(C)C. The number of carbonyl (C=O) groups excluding carboxylic acids is 1. The fourth-order valence-electron chi connectivity index (χ4n) is 3.15. The number of nitrogens with zero attached hydrogens (tertiary/aromatic N) is 4. The van der Waals surface area contributed by atoms with Crippen molar-refractivity contribution in [1.82, 2.24) is 19.7 Å². The number of aryl methyl sites for hydroxylation is 1. The van der Waals surface area contributed by atoms with E-state index < -0.39 is 0 Å². The quantitative estimate of drug-likeness (QED) is 0.793. The minimum Gasteiger partial charge on any atom is -0.480 e. The molecule has 0 unspecified atom stereocenters. The zero-order chi connectivity index (χ0) is 18.5. The van der Waals surface area contributed by atoms with Crippen LogP contribution in [0.3, 0.4) is 0 Å². The summed E-state index contributed by atoms with van der Waals surface area (Å²) in [5, 5.41) is 4.36. The van der Waals surface area contributed by atoms with Gasteiger partial charge in [0.05, 0.1) is 32.0 Å². The first-order valence-corrected chi connectivity index (χ1v) is 8.98. The number of amides is 1. The van der Waals surface area contributed by atoms with Crippen LogP contribution in [0.4, 0.5) is 0 Å². The first-order valence-electron chi connectivity index (χ1n) is 8.98. The summed E-state index contributed by atoms with van der Waals surface area (Å²) in [7, 11) is 1.53. The maximum atomic E-state index is 13.3. The molecule has 7 nitrogen and oxygen atoms in total. The van der Waals surface area contributed by atoms with E-state index in [0.29, 0.717) is 37.1 Å². The van der Waals surface area contributed by atoms with E-state index in [1.165, 1.54) is 7.11 Å². The molecule has 2 aromatic rings. The second kappa shape index (κ2) is 8.31. The minimum atomic E-state index is -0.0947. The molecule has 0 aromatic carbocycles. The van der Waals surface area contributed by atoms with Crippen molar-refractivity contribution < 1.29 is 14.3 Å². The van der Waals surface area contributed by atoms with Crippen LogP contribution in [-0.2, 0) is 17.8 Å². The Labute approximate surface area is 153 Å². The normalized spacial score (nSPS) is 17.1. The Balaban J connectivity index is 1.85. The van der Waals surface area contributed by atoms with Gasteiger partial charge >= 0.3 is 0 Å². The van der Waals surface area contributed by atoms with Crippen LogP contribution in [-0.4, -0.2) is 51.9 Å². The van der Waals surface area contributed by atoms with E-state index in [9.17, 15) is 4.79 Å². The maximum Gasteiger partial charge on any atom is 0.260 e. The first kappa shape index (κ1) is 18.4. The molecule has 0 radical (unpaired) electrons. The Morgan fingerprint density at radius 2 is 2.19 bits per heavy atom. The molecule has 140 valence electrons. The van der Waals surface area contributed by atoms with Gasteiger partial charge in [0.15, 0.2) is 0 Å². The molecule has 3 rings (SSSR count). The fraction of sp³-hybridized carbons (Fsp3) is 0.526. The van der Waals surface area contributed by atoms with Gasteiger partial charge in [0, 0.05) is 25.5 Å². The van der Waals surface area contributed by atoms with Gasteiger partial charge in [0.1, 0.15) is 5.56 Å². The van der Waals surface area contributed by atoms with Crippen molar-refractivity contribution in [1.29, 1.82) is 0 Å². The van der Waals surface area contributed by atoms with Crippen molar-refractivity contribution in [3.8, 4) is 5.88 Å². The fourth-order valence-corrected chi connectivity index (χ4v) is 3.15. The molecule has 0 bridgehead atoms. The summed E-state index contributed by atoms with van der Waals surface area (Å²) in [6, 6.07) is 5.44. The van der Waals surface area contributed by atoms with Gasteiger partial charge in [0.25, 0.3) is 5.91 Å². The van der Waals surface area contributed by atoms with E-state index in [-0.39, 0.29) is 11.9 Å². The van der Waals surface area contributed by atoms with Gasteiger partial charge < -0.3 is 14.4 Å². The molecule has 0 saturated heterocycles. The number of methoxy groups -OCH3 is 1. The lowest BCUT2D eigenvalue weighted by Crippen LogP contribution is -2.42. The molecule has 0 spiro atoms. The van der Waals surface area contributed by atoms with Crippen molar-refractivity contribution >= 4 is 5.91 Å². The van der Waals surface area contributed by atoms with Crippen LogP contribution < -0.4 is 4.74 Å². The average Bonchev–Trinajstić information content (AvgIpc) is 3.02. The number of aromatic nitrogens is 3. The van der Waals surface area contributed by atoms with Crippen molar-refractivity contribution in [3.05, 3.63) is 41.9 Å². The summed E-state index contributed by atoms with van der Waals surface area (Å²) in [6.45, 7) is 6.69. The first-order chi connectivity index (χ1) is 12.6. The van der Waals surface area contributed by atoms with Crippen molar-refractivity contribution in [2.24, 2.45) is 5.92 Å². The molecule has 2 aromatic heterocycles. The predicted molar refractivity (Wildman–Crippen MR) is 97.0 cm³/mol. The van der Waals surface area contributed by atoms with Crippen molar-refractivity contribution in [3.63, 3.8) is 0 Å². The summed E-state index contributed by atoms with van der Waals surface area (Å²) < 4.78 is 13.1. The highest BCUT2D eigenvalue weighted by atomic mass is 16.5. The highest BCUT2D eigenvalue weighted by Gasteiger charge is 2.30. The molecule has 0 aliphatic carbocycles. The summed E-state index contributed by atoms with van der Waals surface area (Å²) in [5.74, 6) is 0.707. The molecule has 0 N–H and O–H groups in total. The zero-order valence-corrected chi connectivity index (χ0v) is 15.6. The highest BCUT2D eigenvalue weighted by Crippen LogP contribution is 2.23. The Kier molecular flexibility index (Phi) is 5.88. The summed E-state index contributed by atoms with van der Waals surface area (Å²) in [4.78, 5) is 19.3. The van der Waals surface area contributed by atoms with E-state index in [1.54, 1.807) is 24.5 Å². The Morgan fingerprint density at radius 3 is 2.96 bits per heavy atom. The average molecular weight is 358 g/mol. The van der Waals surface area contributed by atoms with E-state index in [4.69, 9.17) is 9.47 Å². The van der Waals surface area contributed by atoms with Crippen LogP contribution in [0.2, 0.25) is 0 Å². The molecule has 26 heavy (non-hydrogen) atoms. The molecule has 3 heterocycles. The third-order valence-corrected chi connectivity index (χ3v) is 4.47. The van der Waals surface area contributed by atoms with Gasteiger partial charge in [-0.2, -0.15) is 5.10 Å². The lowest BCUT2D eigenvalue weighted by atomic mass is 10.1. The number of hydrogen-bond donors (Lipinski definition) is 0. The molecule has 0 fully saturated rings. The van der Waals surface area contributed by atoms with Crippen LogP contribution >= 0.6 is 0 Å². The van der Waals surface area contributed by atoms with E-state index in [1.807, 2.05) is 15.6 Å². The van der Waals surface area contributed by atoms with Gasteiger partial charge in [-0.15, -0.1) is 0 Å². The molecule has 1 aliphatic rings. The second-order valence-corrected chi connectivity index (χ2v) is 6.91. The van der Waals surface area contributed by atoms with Crippen LogP contribution in [0.15, 0.2) is 30.6 Å². The van der Waals surface area contributed by atoms with Crippen LogP contribution in [0, 0.1) is 5.92 Å². The minimum absolute atomic E-state index is 0.0205. The summed E-state index contributed by atoms with van der Waals surface area (Å²) in [5.41, 5.74) is 1.49. The van der Waals surface area contributed by atoms with E-state index >= 15 is 0 Å². The van der Waals surface area contributed by atoms with Crippen LogP contribution in [0.5, 0.6) is 5.88 Å². The number of rotatable bonds is 6. The summed E-state index contributed by atoms with van der Waals surface area (Å²) >= 11 is 0. The lowest BCUT2D eigenvalue weighted by Gasteiger charge is -2.30. The Morgan fingerprint density at radius 1 is 1.35 bits per heavy atom. The zero-order valence-electron chi connectivity index (χ0n) is 15.6. The number of pyridine rings is 1. The number of fused-ring (bicyclic) bond motifs is 1. The number of carbonyl (C=O) groups is 1. The molecule has 1 atom stereocenters. The predicted octanol–water partition coefficient (Wildman–Crippen LogP) is 2.37. The highest BCUT2D eigenvalue weighted by molar-refractivity contribution is 5.96. The molecule has 1 amide bonds. The third kappa shape index (κ3) is 4.04. The van der Waals surface area contributed by atoms with Crippen LogP contribution in [0.1, 0.15) is 36.3 Å². The standard InChI is InChI=1S/C19H26N4O3/c1-14(2)12-26-13-16-7-10-23-15(6-9-21-23)11-22(16)19(24)17-5-4-8-20-18(17)25-3/h4-6,8-9,14,16H,7,10-13H2,1-3H3/t16-/m1/s1. The van der Waals surface area contributed by atoms with Gasteiger partial charge in [0.2, 0.25) is 5.88 Å². The van der Waals surface area contributed by atoms with Crippen molar-refractivity contribution in [2.75, 3.05) is 20.3 Å². The van der Waals surface area contributed by atoms with Gasteiger partial charge in [-0.25, -0.2) is 4.98 Å². The molecular weight excluding hydrogens is 332 g/mol. The monoisotopic (exact) mass is 358 g/mol. The summed E-state index contributed by atoms with van der Waals surface area (Å²) in [6.07, 6.45) is 4.19. The molecular formula is C19H26N4O3. The Hall–Kier alpha value is -2.41. The largest absolute Gasteiger partial charge is 0.480 e. The van der Waals surface area contributed by atoms with Gasteiger partial charge in [-0.3, -0.25) is 9.48 Å². The third-order valence-electron chi connectivity index (χ3n) is 4.47. The second-order valence-electron chi connectivity index (χ2n) is 6.91. The molecule has 1 aliphatic heterocycles. The van der Waals surface area contributed by atoms with Gasteiger partial charge in [-0.1, -0.05) is 13.8 Å². The maximum absolute atomic E-state index is 13.3. The number of hydrogen-bond acceptors (Lipinski definition) is 5. The number of ether oxygens (including phenoxy) is 2.